The normalized spacial score (nSPS) is 15.7. The topological polar surface area (TPSA) is 114 Å². The molecule has 0 unspecified atom stereocenters. The molecule has 0 saturated carbocycles. The second-order valence-corrected chi connectivity index (χ2v) is 10.1. The molecule has 0 spiro atoms. The first kappa shape index (κ1) is 23.1. The number of nitrogens with zero attached hydrogens (tertiary/aromatic N) is 4. The van der Waals surface area contributed by atoms with Crippen molar-refractivity contribution in [1.29, 1.82) is 0 Å². The van der Waals surface area contributed by atoms with Crippen LogP contribution in [0, 0.1) is 0 Å². The van der Waals surface area contributed by atoms with Gasteiger partial charge in [0.2, 0.25) is 22.7 Å². The summed E-state index contributed by atoms with van der Waals surface area (Å²) >= 11 is 0. The maximum absolute atomic E-state index is 13.1. The highest BCUT2D eigenvalue weighted by atomic mass is 32.2. The first-order valence-corrected chi connectivity index (χ1v) is 12.8. The number of amides is 1. The summed E-state index contributed by atoms with van der Waals surface area (Å²) in [5.74, 6) is 1.97. The minimum absolute atomic E-state index is 0.122. The molecule has 10 nitrogen and oxygen atoms in total. The van der Waals surface area contributed by atoms with E-state index in [1.54, 1.807) is 19.1 Å². The summed E-state index contributed by atoms with van der Waals surface area (Å²) in [6.07, 6.45) is 0.357. The number of hydrogen-bond donors (Lipinski definition) is 1. The molecule has 182 valence electrons. The third-order valence-corrected chi connectivity index (χ3v) is 7.89. The van der Waals surface area contributed by atoms with Gasteiger partial charge in [-0.15, -0.1) is 10.2 Å². The molecule has 1 saturated heterocycles. The molecule has 2 aliphatic heterocycles. The second kappa shape index (κ2) is 9.51. The highest BCUT2D eigenvalue weighted by molar-refractivity contribution is 7.89. The lowest BCUT2D eigenvalue weighted by molar-refractivity contribution is -0.115. The molecule has 0 radical (unpaired) electrons. The number of nitrogens with one attached hydrogen (secondary N) is 1. The van der Waals surface area contributed by atoms with E-state index in [9.17, 15) is 13.2 Å². The van der Waals surface area contributed by atoms with Crippen LogP contribution in [0.1, 0.15) is 13.3 Å². The number of carbonyl (C=O) groups excluding carboxylic acids is 1. The molecule has 1 aromatic heterocycles. The van der Waals surface area contributed by atoms with Gasteiger partial charge in [0.05, 0.1) is 10.6 Å². The molecule has 0 bridgehead atoms. The molecular formula is C24H25N5O5S. The van der Waals surface area contributed by atoms with Gasteiger partial charge in [-0.3, -0.25) is 4.79 Å². The second-order valence-electron chi connectivity index (χ2n) is 8.16. The number of aromatic nitrogens is 2. The lowest BCUT2D eigenvalue weighted by atomic mass is 10.1. The standard InChI is InChI=1S/C24H25N5O5S/c1-2-24(30)25-18-4-6-19(7-5-18)35(31,32)29-13-11-28(12-14-29)23-10-8-20(26-27-23)17-3-9-21-22(15-17)34-16-33-21/h3-10,15H,2,11-14,16H2,1H3,(H,25,30). The number of ether oxygens (including phenoxy) is 2. The zero-order valence-electron chi connectivity index (χ0n) is 19.2. The molecule has 5 rings (SSSR count). The molecule has 0 atom stereocenters. The third-order valence-electron chi connectivity index (χ3n) is 5.98. The molecule has 3 aromatic rings. The van der Waals surface area contributed by atoms with Crippen LogP contribution in [0.2, 0.25) is 0 Å². The van der Waals surface area contributed by atoms with Crippen LogP contribution in [0.3, 0.4) is 0 Å². The molecular weight excluding hydrogens is 470 g/mol. The molecule has 0 aliphatic carbocycles. The van der Waals surface area contributed by atoms with Crippen LogP contribution < -0.4 is 19.7 Å². The molecule has 1 N–H and O–H groups in total. The summed E-state index contributed by atoms with van der Waals surface area (Å²) in [6, 6.07) is 15.7. The van der Waals surface area contributed by atoms with Crippen LogP contribution in [-0.4, -0.2) is 61.8 Å². The zero-order valence-corrected chi connectivity index (χ0v) is 20.0. The number of benzene rings is 2. The molecule has 35 heavy (non-hydrogen) atoms. The lowest BCUT2D eigenvalue weighted by Gasteiger charge is -2.34. The Hall–Kier alpha value is -3.70. The quantitative estimate of drug-likeness (QED) is 0.555. The molecule has 2 aromatic carbocycles. The Morgan fingerprint density at radius 1 is 0.943 bits per heavy atom. The van der Waals surface area contributed by atoms with Gasteiger partial charge < -0.3 is 19.7 Å². The summed E-state index contributed by atoms with van der Waals surface area (Å²) in [5.41, 5.74) is 2.17. The lowest BCUT2D eigenvalue weighted by Crippen LogP contribution is -2.49. The van der Waals surface area contributed by atoms with Crippen molar-refractivity contribution in [1.82, 2.24) is 14.5 Å². The molecule has 1 fully saturated rings. The Bertz CT molecular complexity index is 1320. The first-order valence-electron chi connectivity index (χ1n) is 11.3. The van der Waals surface area contributed by atoms with Gasteiger partial charge >= 0.3 is 0 Å². The van der Waals surface area contributed by atoms with E-state index >= 15 is 0 Å². The van der Waals surface area contributed by atoms with Gasteiger partial charge in [-0.25, -0.2) is 8.42 Å². The molecule has 2 aliphatic rings. The number of carbonyl (C=O) groups is 1. The zero-order chi connectivity index (χ0) is 24.4. The van der Waals surface area contributed by atoms with Crippen LogP contribution in [0.15, 0.2) is 59.5 Å². The fraction of sp³-hybridized carbons (Fsp3) is 0.292. The van der Waals surface area contributed by atoms with Crippen LogP contribution in [0.25, 0.3) is 11.3 Å². The van der Waals surface area contributed by atoms with Crippen molar-refractivity contribution in [2.45, 2.75) is 18.2 Å². The number of anilines is 2. The molecule has 11 heteroatoms. The fourth-order valence-electron chi connectivity index (χ4n) is 3.97. The van der Waals surface area contributed by atoms with E-state index in [1.807, 2.05) is 35.2 Å². The van der Waals surface area contributed by atoms with Gasteiger partial charge in [-0.1, -0.05) is 6.92 Å². The van der Waals surface area contributed by atoms with E-state index in [-0.39, 0.29) is 17.6 Å². The van der Waals surface area contributed by atoms with Gasteiger partial charge in [0.15, 0.2) is 17.3 Å². The van der Waals surface area contributed by atoms with Crippen molar-refractivity contribution < 1.29 is 22.7 Å². The Morgan fingerprint density at radius 3 is 2.37 bits per heavy atom. The van der Waals surface area contributed by atoms with Crippen LogP contribution in [-0.2, 0) is 14.8 Å². The van der Waals surface area contributed by atoms with Crippen LogP contribution in [0.4, 0.5) is 11.5 Å². The molecule has 1 amide bonds. The predicted molar refractivity (Wildman–Crippen MR) is 130 cm³/mol. The SMILES string of the molecule is CCC(=O)Nc1ccc(S(=O)(=O)N2CCN(c3ccc(-c4ccc5c(c4)OCO5)nn3)CC2)cc1. The van der Waals surface area contributed by atoms with Crippen molar-refractivity contribution in [2.75, 3.05) is 43.2 Å². The summed E-state index contributed by atoms with van der Waals surface area (Å²) in [7, 11) is -3.63. The Balaban J connectivity index is 1.21. The number of hydrogen-bond acceptors (Lipinski definition) is 8. The van der Waals surface area contributed by atoms with Gasteiger partial charge in [0.1, 0.15) is 0 Å². The smallest absolute Gasteiger partial charge is 0.243 e. The minimum Gasteiger partial charge on any atom is -0.454 e. The van der Waals surface area contributed by atoms with E-state index in [1.165, 1.54) is 16.4 Å². The largest absolute Gasteiger partial charge is 0.454 e. The van der Waals surface area contributed by atoms with E-state index in [2.05, 4.69) is 15.5 Å². The highest BCUT2D eigenvalue weighted by Crippen LogP contribution is 2.35. The minimum atomic E-state index is -3.63. The van der Waals surface area contributed by atoms with Gasteiger partial charge in [-0.2, -0.15) is 4.31 Å². The van der Waals surface area contributed by atoms with Crippen molar-refractivity contribution in [3.05, 3.63) is 54.6 Å². The maximum Gasteiger partial charge on any atom is 0.243 e. The number of piperazine rings is 1. The Kier molecular flexibility index (Phi) is 6.27. The summed E-state index contributed by atoms with van der Waals surface area (Å²) in [4.78, 5) is 13.7. The van der Waals surface area contributed by atoms with E-state index in [0.29, 0.717) is 61.3 Å². The third kappa shape index (κ3) is 4.77. The average Bonchev–Trinajstić information content (AvgIpc) is 3.37. The predicted octanol–water partition coefficient (Wildman–Crippen LogP) is 2.73. The maximum atomic E-state index is 13.1. The van der Waals surface area contributed by atoms with Crippen molar-refractivity contribution in [3.63, 3.8) is 0 Å². The van der Waals surface area contributed by atoms with E-state index in [0.717, 1.165) is 5.56 Å². The van der Waals surface area contributed by atoms with Gasteiger partial charge in [-0.05, 0) is 54.6 Å². The highest BCUT2D eigenvalue weighted by Gasteiger charge is 2.29. The van der Waals surface area contributed by atoms with Gasteiger partial charge in [0, 0.05) is 43.9 Å². The summed E-state index contributed by atoms with van der Waals surface area (Å²) < 4.78 is 38.4. The van der Waals surface area contributed by atoms with E-state index < -0.39 is 10.0 Å². The monoisotopic (exact) mass is 495 g/mol. The number of fused-ring (bicyclic) bond motifs is 1. The Morgan fingerprint density at radius 2 is 1.69 bits per heavy atom. The van der Waals surface area contributed by atoms with Gasteiger partial charge in [0.25, 0.3) is 0 Å². The first-order chi connectivity index (χ1) is 16.9. The van der Waals surface area contributed by atoms with Crippen LogP contribution in [0.5, 0.6) is 11.5 Å². The van der Waals surface area contributed by atoms with Crippen molar-refractivity contribution >= 4 is 27.4 Å². The summed E-state index contributed by atoms with van der Waals surface area (Å²) in [6.45, 7) is 3.65. The number of rotatable bonds is 6. The van der Waals surface area contributed by atoms with Crippen LogP contribution >= 0.6 is 0 Å². The van der Waals surface area contributed by atoms with Crippen molar-refractivity contribution in [3.8, 4) is 22.8 Å². The summed E-state index contributed by atoms with van der Waals surface area (Å²) in [5, 5.41) is 11.4. The Labute approximate surface area is 203 Å². The van der Waals surface area contributed by atoms with E-state index in [4.69, 9.17) is 9.47 Å². The molecule has 3 heterocycles. The average molecular weight is 496 g/mol. The van der Waals surface area contributed by atoms with Crippen molar-refractivity contribution in [2.24, 2.45) is 0 Å². The number of sulfonamides is 1. The fourth-order valence-corrected chi connectivity index (χ4v) is 5.39.